The molecule has 0 radical (unpaired) electrons. The minimum absolute atomic E-state index is 0.0179. The number of ether oxygens (including phenoxy) is 4. The third-order valence-corrected chi connectivity index (χ3v) is 8.96. The number of H-pyrrole nitrogens is 2. The number of nitrogens with zero attached hydrogens (tertiary/aromatic N) is 2. The number of nitrogens with one attached hydrogen (secondary N) is 2. The first-order chi connectivity index (χ1) is 26.8. The van der Waals surface area contributed by atoms with Crippen LogP contribution in [-0.4, -0.2) is 70.2 Å². The van der Waals surface area contributed by atoms with Gasteiger partial charge in [-0.05, 0) is 70.2 Å². The average molecular weight is 738 g/mol. The molecule has 0 unspecified atom stereocenters. The first-order valence-electron chi connectivity index (χ1n) is 18.0. The summed E-state index contributed by atoms with van der Waals surface area (Å²) in [5, 5.41) is 1.74. The Morgan fingerprint density at radius 1 is 0.509 bits per heavy atom. The fourth-order valence-corrected chi connectivity index (χ4v) is 6.67. The van der Waals surface area contributed by atoms with Crippen molar-refractivity contribution in [3.05, 3.63) is 101 Å². The summed E-state index contributed by atoms with van der Waals surface area (Å²) < 4.78 is 21.7. The molecule has 12 nitrogen and oxygen atoms in total. The van der Waals surface area contributed by atoms with E-state index in [1.165, 1.54) is 0 Å². The maximum atomic E-state index is 13.7. The first kappa shape index (κ1) is 36.4. The van der Waals surface area contributed by atoms with Gasteiger partial charge in [-0.3, -0.25) is 0 Å². The molecular formula is C43H37N4O8+. The summed E-state index contributed by atoms with van der Waals surface area (Å²) in [6.07, 6.45) is 0. The Morgan fingerprint density at radius 3 is 1.27 bits per heavy atom. The molecule has 55 heavy (non-hydrogen) atoms. The molecule has 0 aliphatic rings. The van der Waals surface area contributed by atoms with Crippen molar-refractivity contribution in [1.29, 1.82) is 0 Å². The summed E-state index contributed by atoms with van der Waals surface area (Å²) >= 11 is 0. The summed E-state index contributed by atoms with van der Waals surface area (Å²) in [6, 6.07) is 27.6. The summed E-state index contributed by atoms with van der Waals surface area (Å²) in [5.74, 6) is -3.47. The maximum absolute atomic E-state index is 13.7. The average Bonchev–Trinajstić information content (AvgIpc) is 3.87. The highest BCUT2D eigenvalue weighted by Gasteiger charge is 2.26. The van der Waals surface area contributed by atoms with Crippen molar-refractivity contribution in [2.45, 2.75) is 27.7 Å². The van der Waals surface area contributed by atoms with Gasteiger partial charge in [-0.15, -0.1) is 0 Å². The Balaban J connectivity index is 1.83. The molecule has 5 aromatic heterocycles. The number of hydrogen-bond donors (Lipinski definition) is 2. The minimum atomic E-state index is -0.869. The van der Waals surface area contributed by atoms with Crippen LogP contribution in [0.5, 0.6) is 0 Å². The molecule has 0 aliphatic carbocycles. The van der Waals surface area contributed by atoms with Gasteiger partial charge in [-0.2, -0.15) is 0 Å². The lowest BCUT2D eigenvalue weighted by atomic mass is 10.1. The van der Waals surface area contributed by atoms with Crippen LogP contribution in [-0.2, 0) is 38.1 Å². The van der Waals surface area contributed by atoms with Crippen molar-refractivity contribution < 1.29 is 38.1 Å². The van der Waals surface area contributed by atoms with Crippen LogP contribution >= 0.6 is 0 Å². The zero-order valence-electron chi connectivity index (χ0n) is 30.6. The topological polar surface area (TPSA) is 163 Å². The van der Waals surface area contributed by atoms with E-state index in [0.717, 1.165) is 5.56 Å². The van der Waals surface area contributed by atoms with E-state index in [1.807, 2.05) is 66.7 Å². The number of rotatable bonds is 9. The van der Waals surface area contributed by atoms with Crippen molar-refractivity contribution in [1.82, 2.24) is 19.9 Å². The Hall–Kier alpha value is -6.95. The lowest BCUT2D eigenvalue weighted by Crippen LogP contribution is -2.26. The van der Waals surface area contributed by atoms with E-state index < -0.39 is 23.9 Å². The number of benzene rings is 2. The second kappa shape index (κ2) is 15.6. The van der Waals surface area contributed by atoms with Gasteiger partial charge < -0.3 is 28.9 Å². The Labute approximate surface area is 314 Å². The van der Waals surface area contributed by atoms with E-state index in [2.05, 4.69) is 9.97 Å². The van der Waals surface area contributed by atoms with E-state index in [4.69, 9.17) is 28.9 Å². The molecule has 0 saturated heterocycles. The number of esters is 4. The fraction of sp³-hybridized carbons (Fsp3) is 0.186. The fourth-order valence-electron chi connectivity index (χ4n) is 6.67. The van der Waals surface area contributed by atoms with Gasteiger partial charge in [0.1, 0.15) is 16.6 Å². The normalized spacial score (nSPS) is 11.1. The van der Waals surface area contributed by atoms with Crippen LogP contribution in [0.4, 0.5) is 0 Å². The monoisotopic (exact) mass is 737 g/mol. The van der Waals surface area contributed by atoms with Gasteiger partial charge in [0.2, 0.25) is 0 Å². The summed E-state index contributed by atoms with van der Waals surface area (Å²) in [6.45, 7) is 6.69. The Morgan fingerprint density at radius 2 is 0.891 bits per heavy atom. The van der Waals surface area contributed by atoms with Crippen molar-refractivity contribution in [2.75, 3.05) is 26.4 Å². The zero-order valence-corrected chi connectivity index (χ0v) is 30.6. The number of aromatic amines is 2. The van der Waals surface area contributed by atoms with Crippen LogP contribution in [0.2, 0.25) is 0 Å². The Bertz CT molecular complexity index is 2630. The smallest absolute Gasteiger partial charge is 0.346 e. The van der Waals surface area contributed by atoms with Crippen molar-refractivity contribution in [3.63, 3.8) is 0 Å². The highest BCUT2D eigenvalue weighted by molar-refractivity contribution is 6.38. The molecular weight excluding hydrogens is 700 g/mol. The molecule has 0 atom stereocenters. The first-order valence-corrected chi connectivity index (χ1v) is 18.0. The lowest BCUT2D eigenvalue weighted by molar-refractivity contribution is -0.144. The molecule has 2 N–H and O–H groups in total. The molecule has 2 aromatic carbocycles. The molecule has 12 heteroatoms. The molecule has 0 saturated carbocycles. The standard InChI is InChI=1S/C43H36N4O8/c1-5-52-40(48)36(41(49)53-6-2)34-29-22-20-27(44-29)33(24-12-10-9-11-13-24)28-21-23-30(45-28)35(37(42(50)54-7-3)43(51)55-8-4)32-19-17-26-15-14-25-16-18-31(34)46-38(25)39(26)47-32/h9-23H,5-8H2,1-4H3,(H-,44,45,48,49,50,51)/p+1. The molecule has 7 aromatic rings. The molecule has 276 valence electrons. The quantitative estimate of drug-likeness (QED) is 0.0594. The van der Waals surface area contributed by atoms with Crippen LogP contribution in [0, 0.1) is 0 Å². The summed E-state index contributed by atoms with van der Waals surface area (Å²) in [5.41, 5.74) is 4.26. The number of carbonyl (C=O) groups is 4. The van der Waals surface area contributed by atoms with Gasteiger partial charge in [-0.25, -0.2) is 29.1 Å². The Kier molecular flexibility index (Phi) is 10.3. The van der Waals surface area contributed by atoms with Gasteiger partial charge in [-0.1, -0.05) is 24.3 Å². The van der Waals surface area contributed by atoms with E-state index in [0.29, 0.717) is 49.4 Å². The minimum Gasteiger partial charge on any atom is -0.462 e. The summed E-state index contributed by atoms with van der Waals surface area (Å²) in [7, 11) is 0. The van der Waals surface area contributed by atoms with Gasteiger partial charge in [0.05, 0.1) is 65.1 Å². The molecule has 5 heterocycles. The van der Waals surface area contributed by atoms with Crippen molar-refractivity contribution in [2.24, 2.45) is 0 Å². The highest BCUT2D eigenvalue weighted by atomic mass is 16.6. The van der Waals surface area contributed by atoms with Crippen LogP contribution in [0.3, 0.4) is 0 Å². The molecule has 0 amide bonds. The predicted octanol–water partition coefficient (Wildman–Crippen LogP) is 5.96. The number of carbonyl (C=O) groups excluding carboxylic acids is 4. The van der Waals surface area contributed by atoms with Gasteiger partial charge in [0.25, 0.3) is 0 Å². The second-order valence-corrected chi connectivity index (χ2v) is 12.3. The molecule has 7 rings (SSSR count). The summed E-state index contributed by atoms with van der Waals surface area (Å²) in [4.78, 5) is 71.8. The third kappa shape index (κ3) is 6.85. The van der Waals surface area contributed by atoms with E-state index in [-0.39, 0.29) is 59.0 Å². The lowest BCUT2D eigenvalue weighted by Gasteiger charge is -2.09. The highest BCUT2D eigenvalue weighted by Crippen LogP contribution is 2.29. The number of pyridine rings is 2. The number of aromatic nitrogens is 4. The molecule has 0 fully saturated rings. The van der Waals surface area contributed by atoms with Crippen LogP contribution in [0.25, 0.3) is 77.2 Å². The van der Waals surface area contributed by atoms with Gasteiger partial charge in [0, 0.05) is 45.5 Å². The second-order valence-electron chi connectivity index (χ2n) is 12.3. The molecule has 0 aliphatic heterocycles. The SMILES string of the molecule is CCOC(=O)C(C(=O)OCC)=c1c2ccc3ccc4ccc(nc4c3n2)c(=C(C(=O)OCC)C(=O)OCC)c2ccc([nH]2)[c+](-c2ccccc2)c2ccc1[nH]2. The molecule has 0 spiro atoms. The predicted molar refractivity (Wildman–Crippen MR) is 210 cm³/mol. The largest absolute Gasteiger partial charge is 0.462 e. The maximum Gasteiger partial charge on any atom is 0.346 e. The van der Waals surface area contributed by atoms with Gasteiger partial charge in [0.15, 0.2) is 11.1 Å². The van der Waals surface area contributed by atoms with Crippen LogP contribution in [0.15, 0.2) is 91.0 Å². The number of fused-ring (bicyclic) bond motifs is 6. The third-order valence-electron chi connectivity index (χ3n) is 8.96. The molecule has 8 bridgehead atoms. The zero-order chi connectivity index (χ0) is 38.6. The van der Waals surface area contributed by atoms with Crippen molar-refractivity contribution in [3.8, 4) is 11.1 Å². The van der Waals surface area contributed by atoms with E-state index in [1.54, 1.807) is 52.0 Å². The van der Waals surface area contributed by atoms with E-state index >= 15 is 0 Å². The number of hydrogen-bond acceptors (Lipinski definition) is 10. The van der Waals surface area contributed by atoms with Crippen LogP contribution in [0.1, 0.15) is 27.7 Å². The van der Waals surface area contributed by atoms with Gasteiger partial charge >= 0.3 is 23.9 Å². The van der Waals surface area contributed by atoms with E-state index in [9.17, 15) is 19.2 Å². The van der Waals surface area contributed by atoms with Crippen molar-refractivity contribution >= 4 is 89.9 Å². The van der Waals surface area contributed by atoms with Crippen LogP contribution < -0.4 is 10.4 Å².